The lowest BCUT2D eigenvalue weighted by molar-refractivity contribution is -0.116. The molecule has 2 amide bonds. The maximum atomic E-state index is 12.1. The lowest BCUT2D eigenvalue weighted by Gasteiger charge is -2.17. The van der Waals surface area contributed by atoms with Crippen molar-refractivity contribution in [2.45, 2.75) is 26.3 Å². The summed E-state index contributed by atoms with van der Waals surface area (Å²) in [7, 11) is 0. The third-order valence-electron chi connectivity index (χ3n) is 3.83. The van der Waals surface area contributed by atoms with E-state index in [2.05, 4.69) is 10.6 Å². The maximum Gasteiger partial charge on any atom is 0.251 e. The van der Waals surface area contributed by atoms with Crippen LogP contribution in [0.1, 0.15) is 33.5 Å². The normalized spacial score (nSPS) is 13.2. The Bertz CT molecular complexity index is 720. The fourth-order valence-corrected chi connectivity index (χ4v) is 2.54. The third kappa shape index (κ3) is 3.17. The van der Waals surface area contributed by atoms with E-state index in [1.165, 1.54) is 0 Å². The third-order valence-corrected chi connectivity index (χ3v) is 3.83. The first-order valence-corrected chi connectivity index (χ1v) is 7.38. The first kappa shape index (κ1) is 14.3. The Morgan fingerprint density at radius 1 is 1.14 bits per heavy atom. The molecule has 3 rings (SSSR count). The zero-order chi connectivity index (χ0) is 15.5. The molecule has 0 bridgehead atoms. The zero-order valence-electron chi connectivity index (χ0n) is 12.5. The molecule has 0 saturated carbocycles. The first-order chi connectivity index (χ1) is 10.6. The van der Waals surface area contributed by atoms with E-state index in [0.29, 0.717) is 18.5 Å². The lowest BCUT2D eigenvalue weighted by Crippen LogP contribution is -2.23. The number of hydrogen-bond acceptors (Lipinski definition) is 2. The van der Waals surface area contributed by atoms with Gasteiger partial charge in [-0.15, -0.1) is 0 Å². The summed E-state index contributed by atoms with van der Waals surface area (Å²) < 4.78 is 0. The molecule has 0 aliphatic carbocycles. The van der Waals surface area contributed by atoms with Crippen LogP contribution in [-0.2, 0) is 17.8 Å². The summed E-state index contributed by atoms with van der Waals surface area (Å²) >= 11 is 0. The topological polar surface area (TPSA) is 58.2 Å². The number of hydrogen-bond donors (Lipinski definition) is 2. The summed E-state index contributed by atoms with van der Waals surface area (Å²) in [6.07, 6.45) is 1.27. The Labute approximate surface area is 129 Å². The number of amides is 2. The highest BCUT2D eigenvalue weighted by atomic mass is 16.2. The van der Waals surface area contributed by atoms with E-state index < -0.39 is 0 Å². The minimum Gasteiger partial charge on any atom is -0.348 e. The van der Waals surface area contributed by atoms with E-state index in [1.54, 1.807) is 0 Å². The van der Waals surface area contributed by atoms with Gasteiger partial charge in [-0.1, -0.05) is 29.8 Å². The fourth-order valence-electron chi connectivity index (χ4n) is 2.54. The molecule has 0 fully saturated rings. The summed E-state index contributed by atoms with van der Waals surface area (Å²) in [6.45, 7) is 2.47. The van der Waals surface area contributed by atoms with Crippen molar-refractivity contribution in [3.63, 3.8) is 0 Å². The average molecular weight is 294 g/mol. The van der Waals surface area contributed by atoms with Crippen molar-refractivity contribution in [1.29, 1.82) is 0 Å². The van der Waals surface area contributed by atoms with E-state index in [9.17, 15) is 9.59 Å². The van der Waals surface area contributed by atoms with Crippen molar-refractivity contribution in [3.8, 4) is 0 Å². The largest absolute Gasteiger partial charge is 0.348 e. The second-order valence-electron chi connectivity index (χ2n) is 5.59. The Kier molecular flexibility index (Phi) is 3.92. The van der Waals surface area contributed by atoms with Crippen LogP contribution in [-0.4, -0.2) is 11.8 Å². The molecule has 2 N–H and O–H groups in total. The van der Waals surface area contributed by atoms with Gasteiger partial charge in [-0.05, 0) is 42.7 Å². The van der Waals surface area contributed by atoms with Crippen molar-refractivity contribution in [3.05, 3.63) is 64.7 Å². The maximum absolute atomic E-state index is 12.1. The predicted molar refractivity (Wildman–Crippen MR) is 85.7 cm³/mol. The van der Waals surface area contributed by atoms with Gasteiger partial charge in [0.15, 0.2) is 0 Å². The number of aryl methyl sites for hydroxylation is 2. The van der Waals surface area contributed by atoms with Gasteiger partial charge in [0, 0.05) is 24.2 Å². The van der Waals surface area contributed by atoms with Crippen LogP contribution in [0, 0.1) is 6.92 Å². The molecule has 0 unspecified atom stereocenters. The molecular formula is C18H18N2O2. The molecule has 4 nitrogen and oxygen atoms in total. The van der Waals surface area contributed by atoms with Gasteiger partial charge in [0.05, 0.1) is 0 Å². The van der Waals surface area contributed by atoms with Gasteiger partial charge in [-0.2, -0.15) is 0 Å². The summed E-state index contributed by atoms with van der Waals surface area (Å²) in [4.78, 5) is 23.4. The second kappa shape index (κ2) is 6.02. The van der Waals surface area contributed by atoms with Crippen molar-refractivity contribution in [2.24, 2.45) is 0 Å². The van der Waals surface area contributed by atoms with Gasteiger partial charge in [0.25, 0.3) is 5.91 Å². The number of nitrogens with one attached hydrogen (secondary N) is 2. The Hall–Kier alpha value is -2.62. The van der Waals surface area contributed by atoms with Crippen LogP contribution in [0.25, 0.3) is 0 Å². The summed E-state index contributed by atoms with van der Waals surface area (Å²) in [5.41, 5.74) is 4.84. The number of anilines is 1. The highest BCUT2D eigenvalue weighted by Gasteiger charge is 2.14. The van der Waals surface area contributed by atoms with Crippen molar-refractivity contribution in [1.82, 2.24) is 5.32 Å². The first-order valence-electron chi connectivity index (χ1n) is 7.38. The zero-order valence-corrected chi connectivity index (χ0v) is 12.5. The SMILES string of the molecule is Cc1ccc(C(=O)NCc2ccc3c(c2)CCC(=O)N3)cc1. The number of fused-ring (bicyclic) bond motifs is 1. The van der Waals surface area contributed by atoms with Gasteiger partial charge >= 0.3 is 0 Å². The van der Waals surface area contributed by atoms with Gasteiger partial charge in [-0.3, -0.25) is 9.59 Å². The van der Waals surface area contributed by atoms with Gasteiger partial charge in [0.2, 0.25) is 5.91 Å². The molecule has 1 aliphatic heterocycles. The molecule has 0 atom stereocenters. The minimum absolute atomic E-state index is 0.0629. The number of carbonyl (C=O) groups is 2. The van der Waals surface area contributed by atoms with Crippen LogP contribution < -0.4 is 10.6 Å². The van der Waals surface area contributed by atoms with E-state index in [4.69, 9.17) is 0 Å². The second-order valence-corrected chi connectivity index (χ2v) is 5.59. The molecule has 2 aromatic carbocycles. The van der Waals surface area contributed by atoms with Gasteiger partial charge in [-0.25, -0.2) is 0 Å². The number of carbonyl (C=O) groups excluding carboxylic acids is 2. The van der Waals surface area contributed by atoms with Crippen LogP contribution in [0.2, 0.25) is 0 Å². The highest BCUT2D eigenvalue weighted by Crippen LogP contribution is 2.23. The van der Waals surface area contributed by atoms with Crippen molar-refractivity contribution in [2.75, 3.05) is 5.32 Å². The van der Waals surface area contributed by atoms with Crippen LogP contribution in [0.3, 0.4) is 0 Å². The molecule has 2 aromatic rings. The molecule has 112 valence electrons. The average Bonchev–Trinajstić information content (AvgIpc) is 2.53. The fraction of sp³-hybridized carbons (Fsp3) is 0.222. The van der Waals surface area contributed by atoms with Crippen LogP contribution in [0.5, 0.6) is 0 Å². The van der Waals surface area contributed by atoms with E-state index in [1.807, 2.05) is 49.4 Å². The van der Waals surface area contributed by atoms with E-state index in [0.717, 1.165) is 28.8 Å². The van der Waals surface area contributed by atoms with Crippen LogP contribution >= 0.6 is 0 Å². The molecule has 1 aliphatic rings. The molecule has 0 spiro atoms. The molecule has 0 radical (unpaired) electrons. The predicted octanol–water partition coefficient (Wildman–Crippen LogP) is 2.81. The number of benzene rings is 2. The Morgan fingerprint density at radius 3 is 2.68 bits per heavy atom. The summed E-state index contributed by atoms with van der Waals surface area (Å²) in [6, 6.07) is 13.4. The van der Waals surface area contributed by atoms with Crippen LogP contribution in [0.15, 0.2) is 42.5 Å². The molecule has 4 heteroatoms. The van der Waals surface area contributed by atoms with Gasteiger partial charge < -0.3 is 10.6 Å². The smallest absolute Gasteiger partial charge is 0.251 e. The molecule has 22 heavy (non-hydrogen) atoms. The lowest BCUT2D eigenvalue weighted by atomic mass is 10.0. The minimum atomic E-state index is -0.0778. The van der Waals surface area contributed by atoms with Crippen molar-refractivity contribution < 1.29 is 9.59 Å². The summed E-state index contributed by atoms with van der Waals surface area (Å²) in [5, 5.41) is 5.78. The summed E-state index contributed by atoms with van der Waals surface area (Å²) in [5.74, 6) is -0.0149. The molecule has 0 aromatic heterocycles. The standard InChI is InChI=1S/C18H18N2O2/c1-12-2-5-14(6-3-12)18(22)19-11-13-4-8-16-15(10-13)7-9-17(21)20-16/h2-6,8,10H,7,9,11H2,1H3,(H,19,22)(H,20,21). The quantitative estimate of drug-likeness (QED) is 0.914. The Morgan fingerprint density at radius 2 is 1.91 bits per heavy atom. The molecular weight excluding hydrogens is 276 g/mol. The van der Waals surface area contributed by atoms with Crippen molar-refractivity contribution >= 4 is 17.5 Å². The van der Waals surface area contributed by atoms with Gasteiger partial charge in [0.1, 0.15) is 0 Å². The van der Waals surface area contributed by atoms with Crippen LogP contribution in [0.4, 0.5) is 5.69 Å². The van der Waals surface area contributed by atoms with E-state index in [-0.39, 0.29) is 11.8 Å². The Balaban J connectivity index is 1.65. The van der Waals surface area contributed by atoms with E-state index >= 15 is 0 Å². The molecule has 0 saturated heterocycles. The monoisotopic (exact) mass is 294 g/mol. The molecule has 1 heterocycles. The highest BCUT2D eigenvalue weighted by molar-refractivity contribution is 5.94. The number of rotatable bonds is 3.